The summed E-state index contributed by atoms with van der Waals surface area (Å²) in [6, 6.07) is 7.02. The van der Waals surface area contributed by atoms with Crippen LogP contribution in [0.25, 0.3) is 11.0 Å². The Morgan fingerprint density at radius 3 is 2.55 bits per heavy atom. The van der Waals surface area contributed by atoms with Gasteiger partial charge in [-0.2, -0.15) is 13.2 Å². The van der Waals surface area contributed by atoms with Crippen molar-refractivity contribution in [3.63, 3.8) is 0 Å². The fourth-order valence-electron chi connectivity index (χ4n) is 3.68. The van der Waals surface area contributed by atoms with Gasteiger partial charge in [-0.3, -0.25) is 9.36 Å². The zero-order chi connectivity index (χ0) is 20.8. The molecule has 4 rings (SSSR count). The molecule has 8 nitrogen and oxygen atoms in total. The van der Waals surface area contributed by atoms with Gasteiger partial charge in [-0.1, -0.05) is 12.1 Å². The number of carbonyl (C=O) groups excluding carboxylic acids is 1. The predicted octanol–water partition coefficient (Wildman–Crippen LogP) is 1.81. The summed E-state index contributed by atoms with van der Waals surface area (Å²) in [7, 11) is 1.06. The minimum absolute atomic E-state index is 0.101. The summed E-state index contributed by atoms with van der Waals surface area (Å²) < 4.78 is 42.1. The summed E-state index contributed by atoms with van der Waals surface area (Å²) in [6.45, 7) is 0.827. The molecule has 0 N–H and O–H groups in total. The molecule has 29 heavy (non-hydrogen) atoms. The third-order valence-corrected chi connectivity index (χ3v) is 5.25. The standard InChI is InChI=1S/C18H19F3N6O2/c1-24-16(18(19,20)21)23-27(17(24)29)12-6-8-25(9-7-12)15(28)10-26-11-22-13-4-2-3-5-14(13)26/h2-5,11-12H,6-10H2,1H3. The summed E-state index contributed by atoms with van der Waals surface area (Å²) in [6.07, 6.45) is -2.35. The Bertz CT molecular complexity index is 1100. The lowest BCUT2D eigenvalue weighted by Crippen LogP contribution is -2.42. The molecule has 0 bridgehead atoms. The smallest absolute Gasteiger partial charge is 0.341 e. The van der Waals surface area contributed by atoms with E-state index in [1.807, 2.05) is 24.3 Å². The number of hydrogen-bond donors (Lipinski definition) is 0. The minimum Gasteiger partial charge on any atom is -0.341 e. The van der Waals surface area contributed by atoms with Crippen molar-refractivity contribution in [2.75, 3.05) is 13.1 Å². The molecule has 0 aliphatic carbocycles. The monoisotopic (exact) mass is 408 g/mol. The van der Waals surface area contributed by atoms with E-state index < -0.39 is 23.7 Å². The number of benzene rings is 1. The van der Waals surface area contributed by atoms with Crippen LogP contribution in [0.4, 0.5) is 13.2 Å². The number of aromatic nitrogens is 5. The van der Waals surface area contributed by atoms with Crippen LogP contribution >= 0.6 is 0 Å². The Balaban J connectivity index is 1.43. The molecule has 154 valence electrons. The van der Waals surface area contributed by atoms with E-state index in [1.165, 1.54) is 0 Å². The van der Waals surface area contributed by atoms with E-state index in [-0.39, 0.29) is 12.5 Å². The maximum absolute atomic E-state index is 13.0. The minimum atomic E-state index is -4.69. The first kappa shape index (κ1) is 19.2. The van der Waals surface area contributed by atoms with Crippen LogP contribution in [0.3, 0.4) is 0 Å². The lowest BCUT2D eigenvalue weighted by molar-refractivity contribution is -0.147. The van der Waals surface area contributed by atoms with Crippen LogP contribution in [0.2, 0.25) is 0 Å². The Morgan fingerprint density at radius 2 is 1.90 bits per heavy atom. The van der Waals surface area contributed by atoms with E-state index >= 15 is 0 Å². The highest BCUT2D eigenvalue weighted by atomic mass is 19.4. The van der Waals surface area contributed by atoms with Crippen LogP contribution in [0, 0.1) is 0 Å². The number of halogens is 3. The molecule has 1 amide bonds. The fraction of sp³-hybridized carbons (Fsp3) is 0.444. The maximum Gasteiger partial charge on any atom is 0.451 e. The highest BCUT2D eigenvalue weighted by molar-refractivity contribution is 5.80. The molecule has 1 saturated heterocycles. The highest BCUT2D eigenvalue weighted by Crippen LogP contribution is 2.28. The van der Waals surface area contributed by atoms with Crippen molar-refractivity contribution in [2.45, 2.75) is 31.6 Å². The normalized spacial score (nSPS) is 15.9. The molecule has 2 aromatic heterocycles. The van der Waals surface area contributed by atoms with Crippen LogP contribution in [-0.2, 0) is 24.6 Å². The average Bonchev–Trinajstić information content (AvgIpc) is 3.23. The van der Waals surface area contributed by atoms with Gasteiger partial charge in [-0.25, -0.2) is 14.5 Å². The zero-order valence-corrected chi connectivity index (χ0v) is 15.6. The Kier molecular flexibility index (Phi) is 4.67. The van der Waals surface area contributed by atoms with Crippen molar-refractivity contribution in [1.29, 1.82) is 0 Å². The van der Waals surface area contributed by atoms with Crippen LogP contribution in [0.1, 0.15) is 24.7 Å². The van der Waals surface area contributed by atoms with Gasteiger partial charge in [-0.15, -0.1) is 5.10 Å². The number of carbonyl (C=O) groups is 1. The molecule has 0 unspecified atom stereocenters. The molecule has 11 heteroatoms. The summed E-state index contributed by atoms with van der Waals surface area (Å²) in [5, 5.41) is 3.50. The lowest BCUT2D eigenvalue weighted by atomic mass is 10.1. The second-order valence-electron chi connectivity index (χ2n) is 7.08. The molecular formula is C18H19F3N6O2. The first-order chi connectivity index (χ1) is 13.8. The van der Waals surface area contributed by atoms with E-state index in [4.69, 9.17) is 0 Å². The second-order valence-corrected chi connectivity index (χ2v) is 7.08. The van der Waals surface area contributed by atoms with Gasteiger partial charge in [0.2, 0.25) is 11.7 Å². The van der Waals surface area contributed by atoms with E-state index in [0.717, 1.165) is 22.8 Å². The molecule has 1 aliphatic rings. The van der Waals surface area contributed by atoms with Crippen LogP contribution in [0.15, 0.2) is 35.4 Å². The third-order valence-electron chi connectivity index (χ3n) is 5.25. The number of imidazole rings is 1. The number of alkyl halides is 3. The van der Waals surface area contributed by atoms with Gasteiger partial charge in [0.05, 0.1) is 23.4 Å². The summed E-state index contributed by atoms with van der Waals surface area (Å²) in [4.78, 5) is 30.7. The molecular weight excluding hydrogens is 389 g/mol. The predicted molar refractivity (Wildman–Crippen MR) is 97.1 cm³/mol. The van der Waals surface area contributed by atoms with E-state index in [1.54, 1.807) is 15.8 Å². The molecule has 0 atom stereocenters. The van der Waals surface area contributed by atoms with Gasteiger partial charge in [-0.05, 0) is 25.0 Å². The first-order valence-corrected chi connectivity index (χ1v) is 9.16. The Labute approximate surface area is 163 Å². The molecule has 0 spiro atoms. The summed E-state index contributed by atoms with van der Waals surface area (Å²) in [5.74, 6) is -1.32. The highest BCUT2D eigenvalue weighted by Gasteiger charge is 2.39. The van der Waals surface area contributed by atoms with Crippen molar-refractivity contribution in [2.24, 2.45) is 7.05 Å². The van der Waals surface area contributed by atoms with Crippen molar-refractivity contribution in [3.05, 3.63) is 46.9 Å². The quantitative estimate of drug-likeness (QED) is 0.662. The molecule has 3 heterocycles. The van der Waals surface area contributed by atoms with Crippen LogP contribution in [-0.4, -0.2) is 47.8 Å². The number of piperidine rings is 1. The SMILES string of the molecule is Cn1c(C(F)(F)F)nn(C2CCN(C(=O)Cn3cnc4ccccc43)CC2)c1=O. The molecule has 0 saturated carbocycles. The maximum atomic E-state index is 13.0. The largest absolute Gasteiger partial charge is 0.451 e. The van der Waals surface area contributed by atoms with Crippen LogP contribution < -0.4 is 5.69 Å². The third kappa shape index (κ3) is 3.52. The summed E-state index contributed by atoms with van der Waals surface area (Å²) in [5.41, 5.74) is 0.858. The summed E-state index contributed by atoms with van der Waals surface area (Å²) >= 11 is 0. The van der Waals surface area contributed by atoms with Gasteiger partial charge in [0.25, 0.3) is 0 Å². The van der Waals surface area contributed by atoms with Crippen molar-refractivity contribution >= 4 is 16.9 Å². The first-order valence-electron chi connectivity index (χ1n) is 9.16. The number of hydrogen-bond acceptors (Lipinski definition) is 4. The van der Waals surface area contributed by atoms with E-state index in [2.05, 4.69) is 10.1 Å². The topological polar surface area (TPSA) is 78.0 Å². The van der Waals surface area contributed by atoms with Crippen LogP contribution in [0.5, 0.6) is 0 Å². The molecule has 1 fully saturated rings. The number of rotatable bonds is 3. The van der Waals surface area contributed by atoms with Gasteiger partial charge in [0, 0.05) is 20.1 Å². The number of para-hydroxylation sites is 2. The van der Waals surface area contributed by atoms with Gasteiger partial charge >= 0.3 is 11.9 Å². The molecule has 0 radical (unpaired) electrons. The number of fused-ring (bicyclic) bond motifs is 1. The number of likely N-dealkylation sites (tertiary alicyclic amines) is 1. The number of amides is 1. The Morgan fingerprint density at radius 1 is 1.21 bits per heavy atom. The van der Waals surface area contributed by atoms with Crippen molar-refractivity contribution in [3.8, 4) is 0 Å². The Hall–Kier alpha value is -3.11. The molecule has 1 aliphatic heterocycles. The average molecular weight is 408 g/mol. The fourth-order valence-corrected chi connectivity index (χ4v) is 3.68. The lowest BCUT2D eigenvalue weighted by Gasteiger charge is -2.31. The second kappa shape index (κ2) is 7.05. The molecule has 1 aromatic carbocycles. The van der Waals surface area contributed by atoms with Gasteiger partial charge in [0.15, 0.2) is 0 Å². The van der Waals surface area contributed by atoms with Gasteiger partial charge in [0.1, 0.15) is 6.54 Å². The number of nitrogens with zero attached hydrogens (tertiary/aromatic N) is 6. The van der Waals surface area contributed by atoms with Crippen molar-refractivity contribution < 1.29 is 18.0 Å². The van der Waals surface area contributed by atoms with E-state index in [9.17, 15) is 22.8 Å². The van der Waals surface area contributed by atoms with Crippen molar-refractivity contribution in [1.82, 2.24) is 28.8 Å². The zero-order valence-electron chi connectivity index (χ0n) is 15.6. The van der Waals surface area contributed by atoms with E-state index in [0.29, 0.717) is 30.5 Å². The van der Waals surface area contributed by atoms with Gasteiger partial charge < -0.3 is 9.47 Å². The molecule has 3 aromatic rings.